The highest BCUT2D eigenvalue weighted by Gasteiger charge is 2.06. The van der Waals surface area contributed by atoms with Gasteiger partial charge in [0.25, 0.3) is 0 Å². The molecule has 0 saturated carbocycles. The molecule has 5 nitrogen and oxygen atoms in total. The summed E-state index contributed by atoms with van der Waals surface area (Å²) in [6, 6.07) is 1.86. The van der Waals surface area contributed by atoms with E-state index in [4.69, 9.17) is 0 Å². The largest absolute Gasteiger partial charge is 0.261 e. The molecular weight excluding hydrogens is 190 g/mol. The van der Waals surface area contributed by atoms with E-state index < -0.39 is 0 Å². The van der Waals surface area contributed by atoms with Crippen LogP contribution in [0.15, 0.2) is 37.1 Å². The van der Waals surface area contributed by atoms with Crippen molar-refractivity contribution in [1.82, 2.24) is 24.6 Å². The van der Waals surface area contributed by atoms with Crippen LogP contribution in [0.4, 0.5) is 0 Å². The molecule has 0 unspecified atom stereocenters. The Labute approximate surface area is 85.5 Å². The SMILES string of the molecule is [c]1cnc2c(-c3cnccn3)ccnn12. The zero-order chi connectivity index (χ0) is 10.1. The van der Waals surface area contributed by atoms with Crippen molar-refractivity contribution in [2.45, 2.75) is 0 Å². The Hall–Kier alpha value is -2.30. The maximum Gasteiger partial charge on any atom is 0.163 e. The topological polar surface area (TPSA) is 56.0 Å². The van der Waals surface area contributed by atoms with E-state index in [1.165, 1.54) is 0 Å². The van der Waals surface area contributed by atoms with Gasteiger partial charge in [-0.3, -0.25) is 9.97 Å². The fraction of sp³-hybridized carbons (Fsp3) is 0. The summed E-state index contributed by atoms with van der Waals surface area (Å²) in [5, 5.41) is 4.08. The second kappa shape index (κ2) is 3.13. The molecule has 0 bridgehead atoms. The molecule has 0 aliphatic rings. The molecular formula is C10H6N5. The Morgan fingerprint density at radius 2 is 2.13 bits per heavy atom. The van der Waals surface area contributed by atoms with Crippen molar-refractivity contribution >= 4 is 5.65 Å². The van der Waals surface area contributed by atoms with Gasteiger partial charge in [-0.05, 0) is 6.07 Å². The third-order valence-corrected chi connectivity index (χ3v) is 2.07. The Morgan fingerprint density at radius 3 is 3.00 bits per heavy atom. The highest BCUT2D eigenvalue weighted by molar-refractivity contribution is 5.73. The van der Waals surface area contributed by atoms with Crippen molar-refractivity contribution in [3.63, 3.8) is 0 Å². The first kappa shape index (κ1) is 8.05. The van der Waals surface area contributed by atoms with Crippen molar-refractivity contribution in [2.75, 3.05) is 0 Å². The molecule has 0 saturated heterocycles. The summed E-state index contributed by atoms with van der Waals surface area (Å²) in [6.07, 6.45) is 11.1. The predicted molar refractivity (Wildman–Crippen MR) is 52.8 cm³/mol. The molecule has 0 aliphatic heterocycles. The van der Waals surface area contributed by atoms with Crippen LogP contribution in [0, 0.1) is 6.20 Å². The van der Waals surface area contributed by atoms with Gasteiger partial charge in [0.1, 0.15) is 6.20 Å². The predicted octanol–water partition coefficient (Wildman–Crippen LogP) is 0.986. The monoisotopic (exact) mass is 196 g/mol. The van der Waals surface area contributed by atoms with Gasteiger partial charge in [0.2, 0.25) is 0 Å². The lowest BCUT2D eigenvalue weighted by molar-refractivity contribution is 0.929. The molecule has 1 radical (unpaired) electrons. The Bertz CT molecular complexity index is 587. The van der Waals surface area contributed by atoms with E-state index in [1.54, 1.807) is 35.5 Å². The summed E-state index contributed by atoms with van der Waals surface area (Å²) in [5.41, 5.74) is 2.42. The number of aromatic nitrogens is 5. The highest BCUT2D eigenvalue weighted by Crippen LogP contribution is 2.18. The van der Waals surface area contributed by atoms with Gasteiger partial charge in [0.15, 0.2) is 5.65 Å². The van der Waals surface area contributed by atoms with Crippen molar-refractivity contribution in [2.24, 2.45) is 0 Å². The van der Waals surface area contributed by atoms with Crippen molar-refractivity contribution in [3.8, 4) is 11.3 Å². The van der Waals surface area contributed by atoms with E-state index >= 15 is 0 Å². The maximum atomic E-state index is 4.22. The number of hydrogen-bond donors (Lipinski definition) is 0. The van der Waals surface area contributed by atoms with E-state index in [9.17, 15) is 0 Å². The molecule has 3 rings (SSSR count). The average molecular weight is 196 g/mol. The van der Waals surface area contributed by atoms with Crippen LogP contribution in [0.2, 0.25) is 0 Å². The van der Waals surface area contributed by atoms with Gasteiger partial charge in [0.05, 0.1) is 18.1 Å². The minimum absolute atomic E-state index is 0.734. The van der Waals surface area contributed by atoms with Gasteiger partial charge in [-0.1, -0.05) is 0 Å². The van der Waals surface area contributed by atoms with E-state index in [2.05, 4.69) is 26.2 Å². The van der Waals surface area contributed by atoms with Crippen LogP contribution in [0.5, 0.6) is 0 Å². The summed E-state index contributed by atoms with van der Waals surface area (Å²) in [4.78, 5) is 12.4. The summed E-state index contributed by atoms with van der Waals surface area (Å²) in [6.45, 7) is 0. The Morgan fingerprint density at radius 1 is 1.13 bits per heavy atom. The molecule has 0 aromatic carbocycles. The third kappa shape index (κ3) is 1.25. The van der Waals surface area contributed by atoms with Crippen molar-refractivity contribution < 1.29 is 0 Å². The molecule has 0 fully saturated rings. The summed E-state index contributed by atoms with van der Waals surface area (Å²) in [7, 11) is 0. The average Bonchev–Trinajstić information content (AvgIpc) is 2.78. The van der Waals surface area contributed by atoms with Crippen molar-refractivity contribution in [1.29, 1.82) is 0 Å². The van der Waals surface area contributed by atoms with Gasteiger partial charge >= 0.3 is 0 Å². The van der Waals surface area contributed by atoms with Gasteiger partial charge in [0, 0.05) is 24.2 Å². The van der Waals surface area contributed by atoms with E-state index in [0.29, 0.717) is 0 Å². The van der Waals surface area contributed by atoms with Crippen LogP contribution in [-0.4, -0.2) is 24.6 Å². The highest BCUT2D eigenvalue weighted by atomic mass is 15.2. The van der Waals surface area contributed by atoms with E-state index in [1.807, 2.05) is 6.07 Å². The molecule has 5 heteroatoms. The molecule has 0 N–H and O–H groups in total. The molecule has 3 heterocycles. The third-order valence-electron chi connectivity index (χ3n) is 2.07. The summed E-state index contributed by atoms with van der Waals surface area (Å²) in [5.74, 6) is 0. The number of rotatable bonds is 1. The van der Waals surface area contributed by atoms with Crippen LogP contribution in [0.25, 0.3) is 16.9 Å². The lowest BCUT2D eigenvalue weighted by Gasteiger charge is -2.00. The number of hydrogen-bond acceptors (Lipinski definition) is 4. The van der Waals surface area contributed by atoms with E-state index in [-0.39, 0.29) is 0 Å². The van der Waals surface area contributed by atoms with Gasteiger partial charge < -0.3 is 0 Å². The minimum Gasteiger partial charge on any atom is -0.261 e. The zero-order valence-electron chi connectivity index (χ0n) is 7.70. The van der Waals surface area contributed by atoms with Gasteiger partial charge in [-0.15, -0.1) is 0 Å². The quantitative estimate of drug-likeness (QED) is 0.582. The molecule has 0 aliphatic carbocycles. The summed E-state index contributed by atoms with van der Waals surface area (Å²) >= 11 is 0. The molecule has 71 valence electrons. The van der Waals surface area contributed by atoms with Crippen LogP contribution in [-0.2, 0) is 0 Å². The fourth-order valence-electron chi connectivity index (χ4n) is 1.42. The van der Waals surface area contributed by atoms with Crippen LogP contribution < -0.4 is 0 Å². The lowest BCUT2D eigenvalue weighted by Crippen LogP contribution is -1.93. The van der Waals surface area contributed by atoms with Crippen LogP contribution in [0.1, 0.15) is 0 Å². The maximum absolute atomic E-state index is 4.22. The first-order chi connectivity index (χ1) is 7.45. The second-order valence-corrected chi connectivity index (χ2v) is 2.96. The van der Waals surface area contributed by atoms with Crippen LogP contribution >= 0.6 is 0 Å². The molecule has 0 amide bonds. The first-order valence-electron chi connectivity index (χ1n) is 4.42. The number of nitrogens with zero attached hydrogens (tertiary/aromatic N) is 5. The first-order valence-corrected chi connectivity index (χ1v) is 4.42. The van der Waals surface area contributed by atoms with Crippen LogP contribution in [0.3, 0.4) is 0 Å². The normalized spacial score (nSPS) is 10.7. The standard InChI is InChI=1S/C10H6N5/c1-2-14-15-6-5-13-10(15)8(1)9-7-11-3-4-12-9/h1-5,7H. The zero-order valence-corrected chi connectivity index (χ0v) is 7.70. The fourth-order valence-corrected chi connectivity index (χ4v) is 1.42. The molecule has 3 aromatic heterocycles. The van der Waals surface area contributed by atoms with Gasteiger partial charge in [-0.2, -0.15) is 5.10 Å². The molecule has 0 atom stereocenters. The van der Waals surface area contributed by atoms with E-state index in [0.717, 1.165) is 16.9 Å². The molecule has 3 aromatic rings. The lowest BCUT2D eigenvalue weighted by atomic mass is 10.2. The second-order valence-electron chi connectivity index (χ2n) is 2.96. The Kier molecular flexibility index (Phi) is 1.68. The van der Waals surface area contributed by atoms with Gasteiger partial charge in [-0.25, -0.2) is 9.50 Å². The summed E-state index contributed by atoms with van der Waals surface area (Å²) < 4.78 is 1.59. The molecule has 15 heavy (non-hydrogen) atoms. The number of fused-ring (bicyclic) bond motifs is 1. The smallest absolute Gasteiger partial charge is 0.163 e. The molecule has 0 spiro atoms. The van der Waals surface area contributed by atoms with Crippen molar-refractivity contribution in [3.05, 3.63) is 43.2 Å². The number of imidazole rings is 1. The Balaban J connectivity index is 2.31. The minimum atomic E-state index is 0.734.